The number of sulfone groups is 1. The fourth-order valence-electron chi connectivity index (χ4n) is 1.51. The van der Waals surface area contributed by atoms with Gasteiger partial charge in [-0.05, 0) is 47.5 Å². The molecule has 0 aromatic heterocycles. The standard InChI is InChI=1S/C12H15BrO5S/c1-8(5-6-18-2)19(16,17)11-7-9(12(14)15)3-4-10(11)13/h3-4,7-8H,5-6H2,1-2H3,(H,14,15). The number of ether oxygens (including phenoxy) is 1. The van der Waals surface area contributed by atoms with Gasteiger partial charge in [-0.1, -0.05) is 0 Å². The third-order valence-electron chi connectivity index (χ3n) is 2.74. The Hall–Kier alpha value is -0.920. The Kier molecular flexibility index (Phi) is 5.51. The van der Waals surface area contributed by atoms with Crippen LogP contribution < -0.4 is 0 Å². The van der Waals surface area contributed by atoms with Gasteiger partial charge in [-0.2, -0.15) is 0 Å². The highest BCUT2D eigenvalue weighted by molar-refractivity contribution is 9.10. The van der Waals surface area contributed by atoms with Crippen molar-refractivity contribution in [1.82, 2.24) is 0 Å². The lowest BCUT2D eigenvalue weighted by molar-refractivity contribution is 0.0696. The number of carboxylic acids is 1. The largest absolute Gasteiger partial charge is 0.478 e. The van der Waals surface area contributed by atoms with Crippen LogP contribution in [0.1, 0.15) is 23.7 Å². The van der Waals surface area contributed by atoms with E-state index < -0.39 is 21.1 Å². The van der Waals surface area contributed by atoms with Crippen LogP contribution in [0.15, 0.2) is 27.6 Å². The van der Waals surface area contributed by atoms with E-state index >= 15 is 0 Å². The minimum Gasteiger partial charge on any atom is -0.478 e. The summed E-state index contributed by atoms with van der Waals surface area (Å²) in [6.45, 7) is 1.91. The van der Waals surface area contributed by atoms with Crippen molar-refractivity contribution in [1.29, 1.82) is 0 Å². The molecule has 106 valence electrons. The Morgan fingerprint density at radius 1 is 1.47 bits per heavy atom. The lowest BCUT2D eigenvalue weighted by Crippen LogP contribution is -2.20. The molecular formula is C12H15BrO5S. The van der Waals surface area contributed by atoms with Crippen molar-refractivity contribution >= 4 is 31.7 Å². The molecule has 1 rings (SSSR count). The normalized spacial score (nSPS) is 13.2. The van der Waals surface area contributed by atoms with Crippen molar-refractivity contribution in [3.63, 3.8) is 0 Å². The van der Waals surface area contributed by atoms with Crippen LogP contribution in [-0.2, 0) is 14.6 Å². The second-order valence-corrected chi connectivity index (χ2v) is 7.28. The maximum atomic E-state index is 12.4. The molecule has 0 aliphatic carbocycles. The molecule has 0 aliphatic heterocycles. The quantitative estimate of drug-likeness (QED) is 0.851. The van der Waals surface area contributed by atoms with E-state index in [2.05, 4.69) is 15.9 Å². The number of aromatic carboxylic acids is 1. The Labute approximate surface area is 120 Å². The molecule has 0 radical (unpaired) electrons. The molecule has 7 heteroatoms. The molecule has 1 aromatic rings. The molecule has 5 nitrogen and oxygen atoms in total. The van der Waals surface area contributed by atoms with Crippen LogP contribution in [0.5, 0.6) is 0 Å². The summed E-state index contributed by atoms with van der Waals surface area (Å²) in [4.78, 5) is 10.9. The first-order valence-electron chi connectivity index (χ1n) is 5.56. The molecule has 0 amide bonds. The van der Waals surface area contributed by atoms with Gasteiger partial charge in [-0.3, -0.25) is 0 Å². The van der Waals surface area contributed by atoms with E-state index in [-0.39, 0.29) is 10.5 Å². The van der Waals surface area contributed by atoms with E-state index in [0.29, 0.717) is 17.5 Å². The average Bonchev–Trinajstić information content (AvgIpc) is 2.35. The summed E-state index contributed by atoms with van der Waals surface area (Å²) in [7, 11) is -2.09. The van der Waals surface area contributed by atoms with E-state index in [1.807, 2.05) is 0 Å². The Bertz CT molecular complexity index is 567. The van der Waals surface area contributed by atoms with Gasteiger partial charge in [0.25, 0.3) is 0 Å². The molecule has 0 fully saturated rings. The highest BCUT2D eigenvalue weighted by Gasteiger charge is 2.26. The maximum Gasteiger partial charge on any atom is 0.335 e. The van der Waals surface area contributed by atoms with E-state index in [9.17, 15) is 13.2 Å². The van der Waals surface area contributed by atoms with Gasteiger partial charge in [0.2, 0.25) is 0 Å². The molecule has 0 bridgehead atoms. The first-order valence-corrected chi connectivity index (χ1v) is 7.90. The molecular weight excluding hydrogens is 336 g/mol. The topological polar surface area (TPSA) is 80.7 Å². The molecule has 0 saturated heterocycles. The number of halogens is 1. The van der Waals surface area contributed by atoms with Crippen molar-refractivity contribution in [2.75, 3.05) is 13.7 Å². The number of hydrogen-bond donors (Lipinski definition) is 1. The smallest absolute Gasteiger partial charge is 0.335 e. The van der Waals surface area contributed by atoms with Crippen molar-refractivity contribution in [3.05, 3.63) is 28.2 Å². The van der Waals surface area contributed by atoms with E-state index in [0.717, 1.165) is 0 Å². The zero-order chi connectivity index (χ0) is 14.6. The summed E-state index contributed by atoms with van der Waals surface area (Å²) in [6.07, 6.45) is 0.350. The van der Waals surface area contributed by atoms with E-state index in [1.54, 1.807) is 6.92 Å². The van der Waals surface area contributed by atoms with Crippen molar-refractivity contribution in [3.8, 4) is 0 Å². The van der Waals surface area contributed by atoms with Crippen molar-refractivity contribution in [2.24, 2.45) is 0 Å². The van der Waals surface area contributed by atoms with E-state index in [1.165, 1.54) is 25.3 Å². The number of carboxylic acid groups (broad SMARTS) is 1. The first-order chi connectivity index (χ1) is 8.80. The minimum absolute atomic E-state index is 0.00370. The second-order valence-electron chi connectivity index (χ2n) is 4.09. The van der Waals surface area contributed by atoms with Crippen LogP contribution >= 0.6 is 15.9 Å². The molecule has 1 atom stereocenters. The molecule has 0 heterocycles. The van der Waals surface area contributed by atoms with E-state index in [4.69, 9.17) is 9.84 Å². The van der Waals surface area contributed by atoms with Crippen LogP contribution in [0.3, 0.4) is 0 Å². The first kappa shape index (κ1) is 16.1. The molecule has 0 aliphatic rings. The number of methoxy groups -OCH3 is 1. The van der Waals surface area contributed by atoms with Gasteiger partial charge in [0, 0.05) is 18.2 Å². The van der Waals surface area contributed by atoms with Crippen molar-refractivity contribution in [2.45, 2.75) is 23.5 Å². The molecule has 0 saturated carbocycles. The van der Waals surface area contributed by atoms with Crippen molar-refractivity contribution < 1.29 is 23.1 Å². The highest BCUT2D eigenvalue weighted by Crippen LogP contribution is 2.27. The third-order valence-corrected chi connectivity index (χ3v) is 5.94. The second kappa shape index (κ2) is 6.49. The number of hydrogen-bond acceptors (Lipinski definition) is 4. The fraction of sp³-hybridized carbons (Fsp3) is 0.417. The lowest BCUT2D eigenvalue weighted by atomic mass is 10.2. The molecule has 1 unspecified atom stereocenters. The predicted molar refractivity (Wildman–Crippen MR) is 74.2 cm³/mol. The highest BCUT2D eigenvalue weighted by atomic mass is 79.9. The maximum absolute atomic E-state index is 12.4. The Balaban J connectivity index is 3.20. The van der Waals surface area contributed by atoms with Gasteiger partial charge in [0.05, 0.1) is 15.7 Å². The third kappa shape index (κ3) is 3.77. The monoisotopic (exact) mass is 350 g/mol. The van der Waals surface area contributed by atoms with Crippen LogP contribution in [0.2, 0.25) is 0 Å². The summed E-state index contributed by atoms with van der Waals surface area (Å²) in [5.74, 6) is -1.16. The van der Waals surface area contributed by atoms with Gasteiger partial charge < -0.3 is 9.84 Å². The van der Waals surface area contributed by atoms with Gasteiger partial charge in [0.1, 0.15) is 0 Å². The SMILES string of the molecule is COCCC(C)S(=O)(=O)c1cc(C(=O)O)ccc1Br. The fourth-order valence-corrected chi connectivity index (χ4v) is 3.90. The molecule has 19 heavy (non-hydrogen) atoms. The minimum atomic E-state index is -3.59. The number of benzene rings is 1. The van der Waals surface area contributed by atoms with Crippen LogP contribution in [0.25, 0.3) is 0 Å². The predicted octanol–water partition coefficient (Wildman–Crippen LogP) is 2.35. The van der Waals surface area contributed by atoms with Gasteiger partial charge in [-0.15, -0.1) is 0 Å². The summed E-state index contributed by atoms with van der Waals surface area (Å²) in [6, 6.07) is 3.95. The summed E-state index contributed by atoms with van der Waals surface area (Å²) in [5, 5.41) is 8.27. The number of carbonyl (C=O) groups is 1. The molecule has 0 spiro atoms. The van der Waals surface area contributed by atoms with Gasteiger partial charge in [0.15, 0.2) is 9.84 Å². The molecule has 1 aromatic carbocycles. The Morgan fingerprint density at radius 2 is 2.11 bits per heavy atom. The summed E-state index contributed by atoms with van der Waals surface area (Å²) >= 11 is 3.15. The lowest BCUT2D eigenvalue weighted by Gasteiger charge is -2.14. The van der Waals surface area contributed by atoms with Crippen LogP contribution in [0.4, 0.5) is 0 Å². The van der Waals surface area contributed by atoms with Gasteiger partial charge in [-0.25, -0.2) is 13.2 Å². The van der Waals surface area contributed by atoms with Crippen LogP contribution in [-0.4, -0.2) is 38.5 Å². The summed E-state index contributed by atoms with van der Waals surface area (Å²) < 4.78 is 29.9. The molecule has 1 N–H and O–H groups in total. The zero-order valence-electron chi connectivity index (χ0n) is 10.6. The Morgan fingerprint density at radius 3 is 2.63 bits per heavy atom. The zero-order valence-corrected chi connectivity index (χ0v) is 13.0. The number of rotatable bonds is 6. The van der Waals surface area contributed by atoms with Crippen LogP contribution in [0, 0.1) is 0 Å². The average molecular weight is 351 g/mol. The van der Waals surface area contributed by atoms with Gasteiger partial charge >= 0.3 is 5.97 Å². The summed E-state index contributed by atoms with van der Waals surface area (Å²) in [5.41, 5.74) is -0.0549.